The van der Waals surface area contributed by atoms with E-state index in [4.69, 9.17) is 0 Å². The van der Waals surface area contributed by atoms with E-state index < -0.39 is 6.04 Å². The number of carbonyl (C=O) groups excluding carboxylic acids is 2. The minimum Gasteiger partial charge on any atom is -0.327 e. The lowest BCUT2D eigenvalue weighted by Gasteiger charge is -2.24. The Hall–Kier alpha value is -2.62. The maximum atomic E-state index is 12.7. The molecule has 24 heavy (non-hydrogen) atoms. The fourth-order valence-corrected chi connectivity index (χ4v) is 3.30. The predicted molar refractivity (Wildman–Crippen MR) is 95.0 cm³/mol. The fraction of sp³-hybridized carbons (Fsp3) is 0.300. The number of anilines is 1. The summed E-state index contributed by atoms with van der Waals surface area (Å²) in [5.41, 5.74) is 3.63. The highest BCUT2D eigenvalue weighted by Crippen LogP contribution is 2.22. The molecule has 0 aromatic heterocycles. The Morgan fingerprint density at radius 1 is 1.04 bits per heavy atom. The molecule has 0 radical (unpaired) electrons. The average molecular weight is 322 g/mol. The zero-order chi connectivity index (χ0) is 17.1. The third-order valence-corrected chi connectivity index (χ3v) is 4.33. The van der Waals surface area contributed by atoms with E-state index in [1.54, 1.807) is 17.0 Å². The largest absolute Gasteiger partial charge is 0.327 e. The van der Waals surface area contributed by atoms with Crippen molar-refractivity contribution in [2.24, 2.45) is 0 Å². The van der Waals surface area contributed by atoms with Gasteiger partial charge in [0.05, 0.1) is 0 Å². The van der Waals surface area contributed by atoms with Crippen molar-refractivity contribution in [3.05, 3.63) is 65.2 Å². The van der Waals surface area contributed by atoms with Crippen LogP contribution in [0, 0.1) is 13.8 Å². The van der Waals surface area contributed by atoms with Gasteiger partial charge in [0.2, 0.25) is 5.91 Å². The van der Waals surface area contributed by atoms with Crippen LogP contribution in [-0.2, 0) is 4.79 Å². The van der Waals surface area contributed by atoms with Gasteiger partial charge in [-0.1, -0.05) is 24.3 Å². The van der Waals surface area contributed by atoms with Gasteiger partial charge in [-0.25, -0.2) is 0 Å². The first-order valence-corrected chi connectivity index (χ1v) is 8.30. The van der Waals surface area contributed by atoms with Crippen LogP contribution < -0.4 is 5.32 Å². The lowest BCUT2D eigenvalue weighted by molar-refractivity contribution is -0.119. The van der Waals surface area contributed by atoms with Crippen LogP contribution in [0.5, 0.6) is 0 Å². The summed E-state index contributed by atoms with van der Waals surface area (Å²) in [5.74, 6) is -0.185. The van der Waals surface area contributed by atoms with E-state index in [1.807, 2.05) is 44.2 Å². The lowest BCUT2D eigenvalue weighted by Crippen LogP contribution is -2.43. The van der Waals surface area contributed by atoms with E-state index in [0.29, 0.717) is 18.5 Å². The molecule has 1 saturated heterocycles. The van der Waals surface area contributed by atoms with Gasteiger partial charge in [0, 0.05) is 17.8 Å². The summed E-state index contributed by atoms with van der Waals surface area (Å²) in [4.78, 5) is 27.0. The number of aryl methyl sites for hydroxylation is 2. The van der Waals surface area contributed by atoms with Crippen LogP contribution >= 0.6 is 0 Å². The molecule has 1 unspecified atom stereocenters. The molecule has 0 aliphatic carbocycles. The normalized spacial score (nSPS) is 16.9. The van der Waals surface area contributed by atoms with Crippen LogP contribution in [0.25, 0.3) is 0 Å². The summed E-state index contributed by atoms with van der Waals surface area (Å²) in [6.07, 6.45) is 1.55. The van der Waals surface area contributed by atoms with Gasteiger partial charge in [-0.15, -0.1) is 0 Å². The Bertz CT molecular complexity index is 735. The first-order chi connectivity index (χ1) is 11.5. The van der Waals surface area contributed by atoms with E-state index >= 15 is 0 Å². The van der Waals surface area contributed by atoms with Gasteiger partial charge in [0.1, 0.15) is 6.04 Å². The molecule has 124 valence electrons. The molecule has 2 aromatic rings. The van der Waals surface area contributed by atoms with Gasteiger partial charge in [-0.3, -0.25) is 9.59 Å². The monoisotopic (exact) mass is 322 g/mol. The summed E-state index contributed by atoms with van der Waals surface area (Å²) >= 11 is 0. The van der Waals surface area contributed by atoms with Crippen LogP contribution in [0.2, 0.25) is 0 Å². The number of amides is 2. The van der Waals surface area contributed by atoms with E-state index in [9.17, 15) is 9.59 Å². The van der Waals surface area contributed by atoms with Crippen molar-refractivity contribution in [3.63, 3.8) is 0 Å². The first-order valence-electron chi connectivity index (χ1n) is 8.30. The molecule has 2 aromatic carbocycles. The molecule has 1 fully saturated rings. The van der Waals surface area contributed by atoms with Crippen molar-refractivity contribution in [3.8, 4) is 0 Å². The molecule has 0 spiro atoms. The van der Waals surface area contributed by atoms with Gasteiger partial charge in [-0.05, 0) is 62.1 Å². The highest BCUT2D eigenvalue weighted by atomic mass is 16.2. The van der Waals surface area contributed by atoms with Crippen molar-refractivity contribution in [1.82, 2.24) is 4.90 Å². The highest BCUT2D eigenvalue weighted by Gasteiger charge is 2.34. The number of benzene rings is 2. The zero-order valence-corrected chi connectivity index (χ0v) is 14.1. The van der Waals surface area contributed by atoms with Gasteiger partial charge in [0.25, 0.3) is 5.91 Å². The molecule has 1 aliphatic heterocycles. The molecule has 4 heteroatoms. The summed E-state index contributed by atoms with van der Waals surface area (Å²) < 4.78 is 0. The van der Waals surface area contributed by atoms with Crippen molar-refractivity contribution < 1.29 is 9.59 Å². The van der Waals surface area contributed by atoms with Gasteiger partial charge >= 0.3 is 0 Å². The molecule has 2 amide bonds. The van der Waals surface area contributed by atoms with Crippen LogP contribution in [0.1, 0.15) is 34.3 Å². The lowest BCUT2D eigenvalue weighted by atomic mass is 10.1. The predicted octanol–water partition coefficient (Wildman–Crippen LogP) is 3.55. The van der Waals surface area contributed by atoms with Gasteiger partial charge in [-0.2, -0.15) is 0 Å². The Kier molecular flexibility index (Phi) is 4.65. The Morgan fingerprint density at radius 3 is 2.38 bits per heavy atom. The number of carbonyl (C=O) groups is 2. The Morgan fingerprint density at radius 2 is 1.71 bits per heavy atom. The van der Waals surface area contributed by atoms with Crippen LogP contribution in [-0.4, -0.2) is 29.3 Å². The SMILES string of the molecule is Cc1cc(C)cc(NC(=O)C2CCCN2C(=O)c2ccccc2)c1. The molecule has 0 saturated carbocycles. The average Bonchev–Trinajstić information content (AvgIpc) is 3.03. The topological polar surface area (TPSA) is 49.4 Å². The summed E-state index contributed by atoms with van der Waals surface area (Å²) in [5, 5.41) is 2.97. The Balaban J connectivity index is 1.75. The molecule has 1 N–H and O–H groups in total. The number of hydrogen-bond acceptors (Lipinski definition) is 2. The minimum absolute atomic E-state index is 0.0753. The van der Waals surface area contributed by atoms with Gasteiger partial charge in [0.15, 0.2) is 0 Å². The zero-order valence-electron chi connectivity index (χ0n) is 14.1. The Labute approximate surface area is 142 Å². The molecule has 0 bridgehead atoms. The number of likely N-dealkylation sites (tertiary alicyclic amines) is 1. The molecular formula is C20H22N2O2. The summed E-state index contributed by atoms with van der Waals surface area (Å²) in [6, 6.07) is 14.7. The maximum absolute atomic E-state index is 12.7. The smallest absolute Gasteiger partial charge is 0.254 e. The highest BCUT2D eigenvalue weighted by molar-refractivity contribution is 6.01. The van der Waals surface area contributed by atoms with Gasteiger partial charge < -0.3 is 10.2 Å². The molecule has 1 atom stereocenters. The third-order valence-electron chi connectivity index (χ3n) is 4.33. The molecule has 1 aliphatic rings. The molecule has 3 rings (SSSR count). The first kappa shape index (κ1) is 16.2. The number of rotatable bonds is 3. The molecular weight excluding hydrogens is 300 g/mol. The molecule has 1 heterocycles. The second-order valence-electron chi connectivity index (χ2n) is 6.39. The van der Waals surface area contributed by atoms with Crippen LogP contribution in [0.4, 0.5) is 5.69 Å². The van der Waals surface area contributed by atoms with Crippen molar-refractivity contribution in [2.75, 3.05) is 11.9 Å². The standard InChI is InChI=1S/C20H22N2O2/c1-14-11-15(2)13-17(12-14)21-19(23)18-9-6-10-22(18)20(24)16-7-4-3-5-8-16/h3-5,7-8,11-13,18H,6,9-10H2,1-2H3,(H,21,23). The van der Waals surface area contributed by atoms with E-state index in [0.717, 1.165) is 23.2 Å². The number of hydrogen-bond donors (Lipinski definition) is 1. The number of nitrogens with one attached hydrogen (secondary N) is 1. The van der Waals surface area contributed by atoms with E-state index in [2.05, 4.69) is 11.4 Å². The molecule has 4 nitrogen and oxygen atoms in total. The van der Waals surface area contributed by atoms with Crippen molar-refractivity contribution in [1.29, 1.82) is 0 Å². The van der Waals surface area contributed by atoms with Crippen LogP contribution in [0.15, 0.2) is 48.5 Å². The van der Waals surface area contributed by atoms with E-state index in [1.165, 1.54) is 0 Å². The minimum atomic E-state index is -0.404. The fourth-order valence-electron chi connectivity index (χ4n) is 3.30. The maximum Gasteiger partial charge on any atom is 0.254 e. The second kappa shape index (κ2) is 6.87. The van der Waals surface area contributed by atoms with Crippen molar-refractivity contribution in [2.45, 2.75) is 32.7 Å². The summed E-state index contributed by atoms with van der Waals surface area (Å²) in [7, 11) is 0. The quantitative estimate of drug-likeness (QED) is 0.939. The second-order valence-corrected chi connectivity index (χ2v) is 6.39. The van der Waals surface area contributed by atoms with Crippen molar-refractivity contribution >= 4 is 17.5 Å². The third kappa shape index (κ3) is 3.48. The van der Waals surface area contributed by atoms with E-state index in [-0.39, 0.29) is 11.8 Å². The summed E-state index contributed by atoms with van der Waals surface area (Å²) in [6.45, 7) is 4.63. The van der Waals surface area contributed by atoms with Crippen LogP contribution in [0.3, 0.4) is 0 Å². The number of nitrogens with zero attached hydrogens (tertiary/aromatic N) is 1.